The standard InChI is InChI=1S/C20H22ClN3O5/c1-3-10-22-19(25)13(2)29-20(26)14-8-9-17(18(11-14)24(27)28)23-12-15-6-4-5-7-16(15)21/h4-9,11,13,23H,3,10,12H2,1-2H3,(H,22,25)/t13-/m0/s1. The maximum absolute atomic E-state index is 12.3. The topological polar surface area (TPSA) is 111 Å². The normalized spacial score (nSPS) is 11.4. The number of amides is 1. The third-order valence-electron chi connectivity index (χ3n) is 4.06. The van der Waals surface area contributed by atoms with Gasteiger partial charge in [-0.25, -0.2) is 4.79 Å². The van der Waals surface area contributed by atoms with Gasteiger partial charge in [-0.1, -0.05) is 36.7 Å². The lowest BCUT2D eigenvalue weighted by molar-refractivity contribution is -0.384. The number of rotatable bonds is 9. The van der Waals surface area contributed by atoms with Crippen LogP contribution in [0.25, 0.3) is 0 Å². The third-order valence-corrected chi connectivity index (χ3v) is 4.43. The Kier molecular flexibility index (Phi) is 7.97. The molecule has 0 heterocycles. The van der Waals surface area contributed by atoms with Crippen molar-refractivity contribution in [3.8, 4) is 0 Å². The van der Waals surface area contributed by atoms with Gasteiger partial charge < -0.3 is 15.4 Å². The zero-order valence-electron chi connectivity index (χ0n) is 16.1. The molecular weight excluding hydrogens is 398 g/mol. The van der Waals surface area contributed by atoms with E-state index in [1.54, 1.807) is 18.2 Å². The van der Waals surface area contributed by atoms with E-state index in [4.69, 9.17) is 16.3 Å². The molecule has 0 aliphatic heterocycles. The van der Waals surface area contributed by atoms with Crippen molar-refractivity contribution >= 4 is 34.9 Å². The van der Waals surface area contributed by atoms with Crippen molar-refractivity contribution < 1.29 is 19.2 Å². The Morgan fingerprint density at radius 1 is 1.24 bits per heavy atom. The number of halogens is 1. The highest BCUT2D eigenvalue weighted by Crippen LogP contribution is 2.27. The van der Waals surface area contributed by atoms with E-state index in [0.29, 0.717) is 11.6 Å². The molecule has 154 valence electrons. The second kappa shape index (κ2) is 10.4. The zero-order chi connectivity index (χ0) is 21.4. The lowest BCUT2D eigenvalue weighted by Crippen LogP contribution is -2.36. The summed E-state index contributed by atoms with van der Waals surface area (Å²) in [5.41, 5.74) is 0.712. The monoisotopic (exact) mass is 419 g/mol. The number of anilines is 1. The van der Waals surface area contributed by atoms with Gasteiger partial charge in [0.1, 0.15) is 5.69 Å². The number of esters is 1. The number of hydrogen-bond donors (Lipinski definition) is 2. The molecule has 2 N–H and O–H groups in total. The van der Waals surface area contributed by atoms with E-state index >= 15 is 0 Å². The molecule has 0 saturated heterocycles. The van der Waals surface area contributed by atoms with Gasteiger partial charge in [0.05, 0.1) is 10.5 Å². The number of hydrogen-bond acceptors (Lipinski definition) is 6. The molecule has 0 spiro atoms. The first-order valence-corrected chi connectivity index (χ1v) is 9.45. The Morgan fingerprint density at radius 2 is 1.97 bits per heavy atom. The Hall–Kier alpha value is -3.13. The second-order valence-electron chi connectivity index (χ2n) is 6.27. The van der Waals surface area contributed by atoms with Gasteiger partial charge in [0, 0.05) is 24.2 Å². The van der Waals surface area contributed by atoms with Gasteiger partial charge in [-0.05, 0) is 37.1 Å². The van der Waals surface area contributed by atoms with Gasteiger partial charge in [-0.3, -0.25) is 14.9 Å². The van der Waals surface area contributed by atoms with Crippen LogP contribution in [0, 0.1) is 10.1 Å². The summed E-state index contributed by atoms with van der Waals surface area (Å²) in [5.74, 6) is -1.24. The minimum Gasteiger partial charge on any atom is -0.449 e. The molecule has 2 rings (SSSR count). The molecule has 2 aromatic carbocycles. The van der Waals surface area contributed by atoms with Crippen LogP contribution in [0.4, 0.5) is 11.4 Å². The number of nitro benzene ring substituents is 1. The predicted molar refractivity (Wildman–Crippen MR) is 110 cm³/mol. The maximum atomic E-state index is 12.3. The maximum Gasteiger partial charge on any atom is 0.339 e. The van der Waals surface area contributed by atoms with E-state index in [2.05, 4.69) is 10.6 Å². The Morgan fingerprint density at radius 3 is 2.62 bits per heavy atom. The summed E-state index contributed by atoms with van der Waals surface area (Å²) >= 11 is 6.10. The van der Waals surface area contributed by atoms with E-state index in [1.807, 2.05) is 13.0 Å². The first kappa shape index (κ1) is 22.2. The van der Waals surface area contributed by atoms with Crippen LogP contribution >= 0.6 is 11.6 Å². The average molecular weight is 420 g/mol. The van der Waals surface area contributed by atoms with Crippen molar-refractivity contribution in [2.24, 2.45) is 0 Å². The molecule has 1 amide bonds. The van der Waals surface area contributed by atoms with Crippen LogP contribution in [0.5, 0.6) is 0 Å². The molecule has 0 radical (unpaired) electrons. The molecular formula is C20H22ClN3O5. The smallest absolute Gasteiger partial charge is 0.339 e. The summed E-state index contributed by atoms with van der Waals surface area (Å²) in [6.07, 6.45) is -0.257. The highest BCUT2D eigenvalue weighted by Gasteiger charge is 2.22. The number of nitrogens with one attached hydrogen (secondary N) is 2. The molecule has 0 aliphatic carbocycles. The Balaban J connectivity index is 2.12. The van der Waals surface area contributed by atoms with Crippen LogP contribution in [0.2, 0.25) is 5.02 Å². The molecule has 0 saturated carbocycles. The largest absolute Gasteiger partial charge is 0.449 e. The highest BCUT2D eigenvalue weighted by atomic mass is 35.5. The second-order valence-corrected chi connectivity index (χ2v) is 6.68. The molecule has 1 atom stereocenters. The highest BCUT2D eigenvalue weighted by molar-refractivity contribution is 6.31. The van der Waals surface area contributed by atoms with Gasteiger partial charge in [0.2, 0.25) is 0 Å². The average Bonchev–Trinajstić information content (AvgIpc) is 2.71. The number of carbonyl (C=O) groups is 2. The first-order chi connectivity index (χ1) is 13.8. The van der Waals surface area contributed by atoms with E-state index in [0.717, 1.165) is 18.1 Å². The van der Waals surface area contributed by atoms with Crippen molar-refractivity contribution in [1.29, 1.82) is 0 Å². The molecule has 0 unspecified atom stereocenters. The first-order valence-electron chi connectivity index (χ1n) is 9.07. The number of benzene rings is 2. The van der Waals surface area contributed by atoms with Gasteiger partial charge in [0.15, 0.2) is 6.10 Å². The molecule has 2 aromatic rings. The zero-order valence-corrected chi connectivity index (χ0v) is 16.9. The Labute approximate surface area is 173 Å². The Bertz CT molecular complexity index is 903. The lowest BCUT2D eigenvalue weighted by atomic mass is 10.1. The van der Waals surface area contributed by atoms with E-state index in [-0.39, 0.29) is 23.5 Å². The van der Waals surface area contributed by atoms with E-state index in [9.17, 15) is 19.7 Å². The van der Waals surface area contributed by atoms with Crippen molar-refractivity contribution in [2.75, 3.05) is 11.9 Å². The molecule has 9 heteroatoms. The van der Waals surface area contributed by atoms with Crippen molar-refractivity contribution in [3.63, 3.8) is 0 Å². The molecule has 0 aromatic heterocycles. The van der Waals surface area contributed by atoms with Gasteiger partial charge >= 0.3 is 5.97 Å². The molecule has 0 fully saturated rings. The minimum absolute atomic E-state index is 0.0184. The van der Waals surface area contributed by atoms with Crippen molar-refractivity contribution in [3.05, 3.63) is 68.7 Å². The summed E-state index contributed by atoms with van der Waals surface area (Å²) in [5, 5.41) is 17.6. The van der Waals surface area contributed by atoms with Crippen LogP contribution in [-0.4, -0.2) is 29.4 Å². The fraction of sp³-hybridized carbons (Fsp3) is 0.300. The molecule has 0 aliphatic rings. The quantitative estimate of drug-likeness (QED) is 0.362. The fourth-order valence-corrected chi connectivity index (χ4v) is 2.67. The summed E-state index contributed by atoms with van der Waals surface area (Å²) < 4.78 is 5.10. The molecule has 8 nitrogen and oxygen atoms in total. The van der Waals surface area contributed by atoms with Crippen molar-refractivity contribution in [1.82, 2.24) is 5.32 Å². The van der Waals surface area contributed by atoms with Gasteiger partial charge in [-0.2, -0.15) is 0 Å². The molecule has 29 heavy (non-hydrogen) atoms. The SMILES string of the molecule is CCCNC(=O)[C@H](C)OC(=O)c1ccc(NCc2ccccc2Cl)c([N+](=O)[O-])c1. The summed E-state index contributed by atoms with van der Waals surface area (Å²) in [7, 11) is 0. The molecule has 0 bridgehead atoms. The van der Waals surface area contributed by atoms with Gasteiger partial charge in [0.25, 0.3) is 11.6 Å². The van der Waals surface area contributed by atoms with Crippen LogP contribution in [0.1, 0.15) is 36.2 Å². The van der Waals surface area contributed by atoms with Crippen LogP contribution in [0.3, 0.4) is 0 Å². The summed E-state index contributed by atoms with van der Waals surface area (Å²) in [6, 6.07) is 11.1. The summed E-state index contributed by atoms with van der Waals surface area (Å²) in [6.45, 7) is 4.09. The van der Waals surface area contributed by atoms with E-state index < -0.39 is 22.9 Å². The van der Waals surface area contributed by atoms with Crippen LogP contribution in [0.15, 0.2) is 42.5 Å². The minimum atomic E-state index is -1.01. The van der Waals surface area contributed by atoms with E-state index in [1.165, 1.54) is 19.1 Å². The number of carbonyl (C=O) groups excluding carboxylic acids is 2. The van der Waals surface area contributed by atoms with Crippen molar-refractivity contribution in [2.45, 2.75) is 32.9 Å². The number of nitro groups is 1. The van der Waals surface area contributed by atoms with Gasteiger partial charge in [-0.15, -0.1) is 0 Å². The third kappa shape index (κ3) is 6.18. The van der Waals surface area contributed by atoms with Crippen LogP contribution < -0.4 is 10.6 Å². The predicted octanol–water partition coefficient (Wildman–Crippen LogP) is 3.93. The lowest BCUT2D eigenvalue weighted by Gasteiger charge is -2.14. The number of nitrogens with zero attached hydrogens (tertiary/aromatic N) is 1. The number of ether oxygens (including phenoxy) is 1. The van der Waals surface area contributed by atoms with Crippen LogP contribution in [-0.2, 0) is 16.1 Å². The fourth-order valence-electron chi connectivity index (χ4n) is 2.47. The summed E-state index contributed by atoms with van der Waals surface area (Å²) in [4.78, 5) is 35.0.